The fraction of sp³-hybridized carbons (Fsp3) is 0.238. The highest BCUT2D eigenvalue weighted by atomic mass is 16.3. The molecule has 1 N–H and O–H groups in total. The number of ketones is 2. The number of Topliss-reactive ketones (excluding diaryl/α,β-unsaturated/α-hetero) is 2. The number of aliphatic hydroxyl groups excluding tert-OH is 1. The third-order valence-corrected chi connectivity index (χ3v) is 4.49. The van der Waals surface area contributed by atoms with Gasteiger partial charge < -0.3 is 14.4 Å². The molecule has 0 fully saturated rings. The summed E-state index contributed by atoms with van der Waals surface area (Å²) in [6, 6.07) is 12.6. The number of oxazole rings is 1. The smallest absolute Gasteiger partial charge is 0.254 e. The van der Waals surface area contributed by atoms with Crippen molar-refractivity contribution < 1.29 is 23.9 Å². The van der Waals surface area contributed by atoms with Gasteiger partial charge in [-0.15, -0.1) is 0 Å². The van der Waals surface area contributed by atoms with Crippen LogP contribution in [0.1, 0.15) is 23.7 Å². The molecule has 0 radical (unpaired) electrons. The molecule has 1 heterocycles. The second-order valence-corrected chi connectivity index (χ2v) is 6.33. The monoisotopic (exact) mass is 380 g/mol. The Balaban J connectivity index is 1.84. The number of fused-ring (bicyclic) bond motifs is 1. The third-order valence-electron chi connectivity index (χ3n) is 4.49. The van der Waals surface area contributed by atoms with Crippen LogP contribution in [0, 0.1) is 0 Å². The van der Waals surface area contributed by atoms with Gasteiger partial charge >= 0.3 is 0 Å². The topological polar surface area (TPSA) is 101 Å². The van der Waals surface area contributed by atoms with Crippen LogP contribution in [-0.2, 0) is 9.59 Å². The third kappa shape index (κ3) is 3.70. The van der Waals surface area contributed by atoms with Crippen molar-refractivity contribution in [2.75, 3.05) is 13.7 Å². The molecule has 0 saturated heterocycles. The average molecular weight is 380 g/mol. The lowest BCUT2D eigenvalue weighted by Gasteiger charge is -2.25. The molecule has 7 heteroatoms. The number of aromatic nitrogens is 1. The van der Waals surface area contributed by atoms with Gasteiger partial charge in [-0.05, 0) is 36.4 Å². The molecule has 1 amide bonds. The molecule has 0 aliphatic carbocycles. The van der Waals surface area contributed by atoms with Gasteiger partial charge in [-0.1, -0.05) is 19.1 Å². The Hall–Kier alpha value is -3.32. The second kappa shape index (κ2) is 8.14. The zero-order valence-corrected chi connectivity index (χ0v) is 15.6. The van der Waals surface area contributed by atoms with E-state index in [1.807, 2.05) is 24.3 Å². The molecule has 0 aliphatic heterocycles. The highest BCUT2D eigenvalue weighted by Gasteiger charge is 2.32. The number of amides is 1. The SMILES string of the molecule is CCC(=O)C(C(=O)CO)N(C)C(=O)c1ccc(-c2nc3ccccc3o2)cc1. The number of para-hydroxylation sites is 2. The van der Waals surface area contributed by atoms with Gasteiger partial charge in [-0.3, -0.25) is 14.4 Å². The van der Waals surface area contributed by atoms with Gasteiger partial charge in [-0.2, -0.15) is 0 Å². The van der Waals surface area contributed by atoms with Crippen molar-refractivity contribution in [2.45, 2.75) is 19.4 Å². The molecule has 3 rings (SSSR count). The lowest BCUT2D eigenvalue weighted by Crippen LogP contribution is -2.48. The Kier molecular flexibility index (Phi) is 5.65. The predicted molar refractivity (Wildman–Crippen MR) is 103 cm³/mol. The number of likely N-dealkylation sites (N-methyl/N-ethyl adjacent to an activating group) is 1. The van der Waals surface area contributed by atoms with E-state index in [0.29, 0.717) is 22.6 Å². The number of rotatable bonds is 7. The zero-order valence-electron chi connectivity index (χ0n) is 15.6. The van der Waals surface area contributed by atoms with E-state index >= 15 is 0 Å². The van der Waals surface area contributed by atoms with E-state index in [0.717, 1.165) is 10.4 Å². The van der Waals surface area contributed by atoms with Crippen LogP contribution < -0.4 is 0 Å². The molecule has 0 saturated carbocycles. The highest BCUT2D eigenvalue weighted by molar-refractivity contribution is 6.10. The molecule has 28 heavy (non-hydrogen) atoms. The van der Waals surface area contributed by atoms with Gasteiger partial charge in [-0.25, -0.2) is 4.98 Å². The number of carbonyl (C=O) groups excluding carboxylic acids is 3. The maximum Gasteiger partial charge on any atom is 0.254 e. The van der Waals surface area contributed by atoms with Crippen molar-refractivity contribution in [2.24, 2.45) is 0 Å². The fourth-order valence-corrected chi connectivity index (χ4v) is 2.96. The van der Waals surface area contributed by atoms with Gasteiger partial charge in [0, 0.05) is 24.6 Å². The zero-order chi connectivity index (χ0) is 20.3. The van der Waals surface area contributed by atoms with Crippen molar-refractivity contribution >= 4 is 28.6 Å². The first kappa shape index (κ1) is 19.4. The lowest BCUT2D eigenvalue weighted by atomic mass is 10.0. The van der Waals surface area contributed by atoms with Crippen molar-refractivity contribution in [3.8, 4) is 11.5 Å². The van der Waals surface area contributed by atoms with Crippen LogP contribution in [0.25, 0.3) is 22.6 Å². The average Bonchev–Trinajstić information content (AvgIpc) is 3.17. The number of aliphatic hydroxyl groups is 1. The van der Waals surface area contributed by atoms with E-state index in [4.69, 9.17) is 9.52 Å². The summed E-state index contributed by atoms with van der Waals surface area (Å²) < 4.78 is 5.71. The van der Waals surface area contributed by atoms with Gasteiger partial charge in [0.2, 0.25) is 5.89 Å². The lowest BCUT2D eigenvalue weighted by molar-refractivity contribution is -0.134. The van der Waals surface area contributed by atoms with E-state index in [9.17, 15) is 14.4 Å². The second-order valence-electron chi connectivity index (χ2n) is 6.33. The Bertz CT molecular complexity index is 974. The summed E-state index contributed by atoms with van der Waals surface area (Å²) in [5.41, 5.74) is 2.41. The number of carbonyl (C=O) groups is 3. The number of hydrogen-bond donors (Lipinski definition) is 1. The fourth-order valence-electron chi connectivity index (χ4n) is 2.96. The van der Waals surface area contributed by atoms with Crippen LogP contribution >= 0.6 is 0 Å². The van der Waals surface area contributed by atoms with Crippen molar-refractivity contribution in [1.82, 2.24) is 9.88 Å². The minimum atomic E-state index is -1.29. The highest BCUT2D eigenvalue weighted by Crippen LogP contribution is 2.24. The van der Waals surface area contributed by atoms with E-state index < -0.39 is 30.1 Å². The van der Waals surface area contributed by atoms with Crippen LogP contribution in [-0.4, -0.2) is 52.2 Å². The van der Waals surface area contributed by atoms with Crippen LogP contribution in [0.3, 0.4) is 0 Å². The van der Waals surface area contributed by atoms with Gasteiger partial charge in [0.05, 0.1) is 0 Å². The molecule has 1 atom stereocenters. The van der Waals surface area contributed by atoms with E-state index in [1.165, 1.54) is 7.05 Å². The maximum atomic E-state index is 12.7. The normalized spacial score (nSPS) is 12.0. The molecule has 1 unspecified atom stereocenters. The predicted octanol–water partition coefficient (Wildman–Crippen LogP) is 2.48. The first-order chi connectivity index (χ1) is 13.5. The summed E-state index contributed by atoms with van der Waals surface area (Å²) >= 11 is 0. The maximum absolute atomic E-state index is 12.7. The van der Waals surface area contributed by atoms with Gasteiger partial charge in [0.25, 0.3) is 5.91 Å². The van der Waals surface area contributed by atoms with Gasteiger partial charge in [0.15, 0.2) is 23.2 Å². The molecule has 7 nitrogen and oxygen atoms in total. The summed E-state index contributed by atoms with van der Waals surface area (Å²) in [6.07, 6.45) is 0.0880. The summed E-state index contributed by atoms with van der Waals surface area (Å²) in [5, 5.41) is 9.12. The van der Waals surface area contributed by atoms with Crippen LogP contribution in [0.15, 0.2) is 52.9 Å². The Labute approximate surface area is 161 Å². The quantitative estimate of drug-likeness (QED) is 0.632. The first-order valence-electron chi connectivity index (χ1n) is 8.85. The molecular weight excluding hydrogens is 360 g/mol. The number of benzene rings is 2. The Morgan fingerprint density at radius 1 is 1.07 bits per heavy atom. The summed E-state index contributed by atoms with van der Waals surface area (Å²) in [4.78, 5) is 42.2. The van der Waals surface area contributed by atoms with E-state index in [-0.39, 0.29) is 6.42 Å². The Morgan fingerprint density at radius 3 is 2.36 bits per heavy atom. The van der Waals surface area contributed by atoms with Crippen molar-refractivity contribution in [3.05, 3.63) is 54.1 Å². The van der Waals surface area contributed by atoms with Crippen LogP contribution in [0.5, 0.6) is 0 Å². The molecule has 2 aromatic carbocycles. The number of nitrogens with zero attached hydrogens (tertiary/aromatic N) is 2. The van der Waals surface area contributed by atoms with E-state index in [1.54, 1.807) is 31.2 Å². The summed E-state index contributed by atoms with van der Waals surface area (Å²) in [6.45, 7) is 0.804. The van der Waals surface area contributed by atoms with Crippen LogP contribution in [0.4, 0.5) is 0 Å². The van der Waals surface area contributed by atoms with Crippen LogP contribution in [0.2, 0.25) is 0 Å². The Morgan fingerprint density at radius 2 is 1.75 bits per heavy atom. The van der Waals surface area contributed by atoms with Gasteiger partial charge in [0.1, 0.15) is 12.1 Å². The minimum absolute atomic E-state index is 0.0880. The largest absolute Gasteiger partial charge is 0.436 e. The molecule has 0 bridgehead atoms. The molecule has 144 valence electrons. The molecule has 1 aromatic heterocycles. The first-order valence-corrected chi connectivity index (χ1v) is 8.85. The van der Waals surface area contributed by atoms with Crippen molar-refractivity contribution in [3.63, 3.8) is 0 Å². The summed E-state index contributed by atoms with van der Waals surface area (Å²) in [5.74, 6) is -1.18. The summed E-state index contributed by atoms with van der Waals surface area (Å²) in [7, 11) is 1.38. The minimum Gasteiger partial charge on any atom is -0.436 e. The van der Waals surface area contributed by atoms with Crippen molar-refractivity contribution in [1.29, 1.82) is 0 Å². The van der Waals surface area contributed by atoms with E-state index in [2.05, 4.69) is 4.98 Å². The molecular formula is C21H20N2O5. The molecule has 3 aromatic rings. The number of hydrogen-bond acceptors (Lipinski definition) is 6. The molecule has 0 spiro atoms. The molecule has 0 aliphatic rings. The standard InChI is InChI=1S/C21H20N2O5/c1-3-16(25)19(17(26)12-24)23(2)21(27)14-10-8-13(9-11-14)20-22-15-6-4-5-7-18(15)28-20/h4-11,19,24H,3,12H2,1-2H3.